The molecule has 0 radical (unpaired) electrons. The van der Waals surface area contributed by atoms with Crippen LogP contribution in [0.5, 0.6) is 0 Å². The normalized spacial score (nSPS) is 32.8. The number of carboxylic acids is 1. The molecule has 68 valence electrons. The first-order valence-electron chi connectivity index (χ1n) is 4.57. The molecule has 0 aromatic rings. The molecule has 1 atom stereocenters. The van der Waals surface area contributed by atoms with Crippen LogP contribution in [0.1, 0.15) is 25.7 Å². The minimum absolute atomic E-state index is 0.284. The van der Waals surface area contributed by atoms with Gasteiger partial charge in [-0.2, -0.15) is 11.8 Å². The van der Waals surface area contributed by atoms with Crippen molar-refractivity contribution in [2.45, 2.75) is 25.7 Å². The van der Waals surface area contributed by atoms with Crippen molar-refractivity contribution >= 4 is 17.7 Å². The summed E-state index contributed by atoms with van der Waals surface area (Å²) >= 11 is 1.92. The highest BCUT2D eigenvalue weighted by Gasteiger charge is 2.55. The topological polar surface area (TPSA) is 37.3 Å². The van der Waals surface area contributed by atoms with Gasteiger partial charge in [0.2, 0.25) is 0 Å². The molecule has 2 aliphatic rings. The summed E-state index contributed by atoms with van der Waals surface area (Å²) in [5, 5.41) is 9.05. The fourth-order valence-corrected chi connectivity index (χ4v) is 3.42. The lowest BCUT2D eigenvalue weighted by atomic mass is 9.87. The van der Waals surface area contributed by atoms with Gasteiger partial charge < -0.3 is 5.11 Å². The fraction of sp³-hybridized carbons (Fsp3) is 0.889. The second-order valence-corrected chi connectivity index (χ2v) is 5.03. The summed E-state index contributed by atoms with van der Waals surface area (Å²) in [5.41, 5.74) is -0.284. The molecule has 2 nitrogen and oxygen atoms in total. The molecular weight excluding hydrogens is 172 g/mol. The van der Waals surface area contributed by atoms with Crippen molar-refractivity contribution in [1.29, 1.82) is 0 Å². The summed E-state index contributed by atoms with van der Waals surface area (Å²) in [6, 6.07) is 0. The van der Waals surface area contributed by atoms with Crippen molar-refractivity contribution in [3.63, 3.8) is 0 Å². The van der Waals surface area contributed by atoms with E-state index in [1.165, 1.54) is 12.2 Å². The smallest absolute Gasteiger partial charge is 0.309 e. The second-order valence-electron chi connectivity index (χ2n) is 3.88. The van der Waals surface area contributed by atoms with Crippen molar-refractivity contribution in [1.82, 2.24) is 0 Å². The van der Waals surface area contributed by atoms with Gasteiger partial charge in [0.25, 0.3) is 0 Å². The Bertz CT molecular complexity index is 193. The van der Waals surface area contributed by atoms with E-state index in [1.54, 1.807) is 0 Å². The van der Waals surface area contributed by atoms with Crippen LogP contribution in [0, 0.1) is 11.3 Å². The molecule has 3 heteroatoms. The summed E-state index contributed by atoms with van der Waals surface area (Å²) in [6.07, 6.45) is 4.20. The molecule has 0 aromatic heterocycles. The molecule has 0 bridgehead atoms. The Balaban J connectivity index is 2.02. The number of hydrogen-bond donors (Lipinski definition) is 1. The Morgan fingerprint density at radius 2 is 2.25 bits per heavy atom. The maximum atomic E-state index is 11.0. The van der Waals surface area contributed by atoms with Crippen LogP contribution in [0.3, 0.4) is 0 Å². The lowest BCUT2D eigenvalue weighted by Gasteiger charge is -2.26. The van der Waals surface area contributed by atoms with Crippen LogP contribution in [0.4, 0.5) is 0 Å². The fourth-order valence-electron chi connectivity index (χ4n) is 2.11. The van der Waals surface area contributed by atoms with Gasteiger partial charge in [-0.05, 0) is 43.1 Å². The largest absolute Gasteiger partial charge is 0.481 e. The third kappa shape index (κ3) is 1.24. The zero-order chi connectivity index (χ0) is 8.60. The van der Waals surface area contributed by atoms with Gasteiger partial charge in [-0.15, -0.1) is 0 Å². The van der Waals surface area contributed by atoms with Gasteiger partial charge in [0.15, 0.2) is 0 Å². The van der Waals surface area contributed by atoms with Crippen molar-refractivity contribution in [2.75, 3.05) is 11.5 Å². The van der Waals surface area contributed by atoms with Crippen LogP contribution >= 0.6 is 11.8 Å². The molecule has 1 N–H and O–H groups in total. The first-order chi connectivity index (χ1) is 5.76. The molecule has 2 rings (SSSR count). The van der Waals surface area contributed by atoms with Crippen molar-refractivity contribution in [3.05, 3.63) is 0 Å². The van der Waals surface area contributed by atoms with Crippen LogP contribution < -0.4 is 0 Å². The number of hydrogen-bond acceptors (Lipinski definition) is 2. The second kappa shape index (κ2) is 2.95. The molecule has 0 spiro atoms. The molecule has 1 saturated heterocycles. The zero-order valence-electron chi connectivity index (χ0n) is 7.08. The highest BCUT2D eigenvalue weighted by molar-refractivity contribution is 7.99. The van der Waals surface area contributed by atoms with Crippen LogP contribution in [0.25, 0.3) is 0 Å². The Labute approximate surface area is 76.7 Å². The van der Waals surface area contributed by atoms with E-state index < -0.39 is 5.97 Å². The number of thioether (sulfide) groups is 1. The lowest BCUT2D eigenvalue weighted by Crippen LogP contribution is -2.29. The third-order valence-electron chi connectivity index (χ3n) is 3.16. The highest BCUT2D eigenvalue weighted by atomic mass is 32.2. The maximum absolute atomic E-state index is 11.0. The molecule has 0 aromatic carbocycles. The van der Waals surface area contributed by atoms with Gasteiger partial charge in [0, 0.05) is 0 Å². The summed E-state index contributed by atoms with van der Waals surface area (Å²) in [5.74, 6) is 2.22. The standard InChI is InChI=1S/C9H14O2S/c10-8(11)9(3-4-9)7-2-1-5-12-6-7/h7H,1-6H2,(H,10,11). The molecule has 1 aliphatic carbocycles. The Morgan fingerprint density at radius 1 is 1.50 bits per heavy atom. The average molecular weight is 186 g/mol. The zero-order valence-corrected chi connectivity index (χ0v) is 7.90. The van der Waals surface area contributed by atoms with Crippen LogP contribution in [0.15, 0.2) is 0 Å². The van der Waals surface area contributed by atoms with E-state index in [4.69, 9.17) is 5.11 Å². The summed E-state index contributed by atoms with van der Waals surface area (Å²) in [4.78, 5) is 11.0. The van der Waals surface area contributed by atoms with E-state index in [-0.39, 0.29) is 5.41 Å². The quantitative estimate of drug-likeness (QED) is 0.716. The van der Waals surface area contributed by atoms with Crippen LogP contribution in [-0.2, 0) is 4.79 Å². The Hall–Kier alpha value is -0.180. The predicted molar refractivity (Wildman–Crippen MR) is 49.4 cm³/mol. The minimum atomic E-state index is -0.546. The molecule has 2 fully saturated rings. The van der Waals surface area contributed by atoms with Gasteiger partial charge in [-0.1, -0.05) is 0 Å². The summed E-state index contributed by atoms with van der Waals surface area (Å²) < 4.78 is 0. The maximum Gasteiger partial charge on any atom is 0.309 e. The molecule has 1 unspecified atom stereocenters. The van der Waals surface area contributed by atoms with E-state index in [0.717, 1.165) is 25.0 Å². The van der Waals surface area contributed by atoms with Crippen LogP contribution in [-0.4, -0.2) is 22.6 Å². The Morgan fingerprint density at radius 3 is 2.67 bits per heavy atom. The monoisotopic (exact) mass is 186 g/mol. The van der Waals surface area contributed by atoms with E-state index in [0.29, 0.717) is 5.92 Å². The average Bonchev–Trinajstić information content (AvgIpc) is 2.86. The lowest BCUT2D eigenvalue weighted by molar-refractivity contribution is -0.145. The van der Waals surface area contributed by atoms with Gasteiger partial charge in [-0.25, -0.2) is 0 Å². The number of carbonyl (C=O) groups is 1. The first-order valence-corrected chi connectivity index (χ1v) is 5.72. The van der Waals surface area contributed by atoms with Crippen LogP contribution in [0.2, 0.25) is 0 Å². The number of aliphatic carboxylic acids is 1. The van der Waals surface area contributed by atoms with Gasteiger partial charge in [0.05, 0.1) is 5.41 Å². The molecule has 12 heavy (non-hydrogen) atoms. The van der Waals surface area contributed by atoms with E-state index in [1.807, 2.05) is 11.8 Å². The number of rotatable bonds is 2. The Kier molecular flexibility index (Phi) is 2.07. The van der Waals surface area contributed by atoms with E-state index >= 15 is 0 Å². The molecule has 1 saturated carbocycles. The predicted octanol–water partition coefficient (Wildman–Crippen LogP) is 1.99. The number of carboxylic acid groups (broad SMARTS) is 1. The molecule has 1 aliphatic heterocycles. The van der Waals surface area contributed by atoms with Gasteiger partial charge in [0.1, 0.15) is 0 Å². The van der Waals surface area contributed by atoms with Gasteiger partial charge in [-0.3, -0.25) is 4.79 Å². The van der Waals surface area contributed by atoms with E-state index in [9.17, 15) is 4.79 Å². The van der Waals surface area contributed by atoms with Crippen molar-refractivity contribution in [3.8, 4) is 0 Å². The first kappa shape index (κ1) is 8.42. The van der Waals surface area contributed by atoms with Crippen molar-refractivity contribution in [2.24, 2.45) is 11.3 Å². The van der Waals surface area contributed by atoms with E-state index in [2.05, 4.69) is 0 Å². The molecular formula is C9H14O2S. The van der Waals surface area contributed by atoms with Gasteiger partial charge >= 0.3 is 5.97 Å². The molecule has 0 amide bonds. The third-order valence-corrected chi connectivity index (χ3v) is 4.37. The van der Waals surface area contributed by atoms with Crippen molar-refractivity contribution < 1.29 is 9.90 Å². The summed E-state index contributed by atoms with van der Waals surface area (Å²) in [7, 11) is 0. The molecule has 1 heterocycles. The minimum Gasteiger partial charge on any atom is -0.481 e. The summed E-state index contributed by atoms with van der Waals surface area (Å²) in [6.45, 7) is 0. The SMILES string of the molecule is O=C(O)C1(C2CCCSC2)CC1. The highest BCUT2D eigenvalue weighted by Crippen LogP contribution is 2.55.